The van der Waals surface area contributed by atoms with E-state index in [0.717, 1.165) is 57.0 Å². The fourth-order valence-electron chi connectivity index (χ4n) is 4.39. The number of aromatic nitrogens is 3. The highest BCUT2D eigenvalue weighted by Gasteiger charge is 2.37. The Hall–Kier alpha value is -2.42. The van der Waals surface area contributed by atoms with Crippen molar-refractivity contribution in [1.29, 1.82) is 0 Å². The number of fused-ring (bicyclic) bond motifs is 1. The highest BCUT2D eigenvalue weighted by Crippen LogP contribution is 2.38. The molecule has 0 bridgehead atoms. The Morgan fingerprint density at radius 1 is 0.967 bits per heavy atom. The lowest BCUT2D eigenvalue weighted by molar-refractivity contribution is -0.137. The summed E-state index contributed by atoms with van der Waals surface area (Å²) in [7, 11) is 0. The molecule has 0 spiro atoms. The number of rotatable bonds is 4. The van der Waals surface area contributed by atoms with Gasteiger partial charge in [-0.15, -0.1) is 0 Å². The first kappa shape index (κ1) is 19.5. The van der Waals surface area contributed by atoms with Crippen molar-refractivity contribution in [2.45, 2.75) is 49.9 Å². The van der Waals surface area contributed by atoms with Crippen LogP contribution in [0.2, 0.25) is 0 Å². The molecule has 2 atom stereocenters. The predicted molar refractivity (Wildman–Crippen MR) is 104 cm³/mol. The summed E-state index contributed by atoms with van der Waals surface area (Å²) < 4.78 is 44.5. The van der Waals surface area contributed by atoms with Crippen LogP contribution in [0.15, 0.2) is 30.7 Å². The van der Waals surface area contributed by atoms with E-state index >= 15 is 0 Å². The van der Waals surface area contributed by atoms with Crippen molar-refractivity contribution < 1.29 is 17.9 Å². The molecule has 1 saturated carbocycles. The lowest BCUT2D eigenvalue weighted by Gasteiger charge is -2.26. The van der Waals surface area contributed by atoms with E-state index in [9.17, 15) is 13.2 Å². The van der Waals surface area contributed by atoms with Crippen LogP contribution in [0.5, 0.6) is 5.88 Å². The standard InChI is InChI=1S/C21H24F3N5O/c22-21(23,24)15-4-5-19(26-9-15)29-7-1-6-28-13-17(8-16(28)12-29)30-20-11-25-18(10-27-20)14-2-3-14/h4-5,9-11,14,16-17H,1-3,6-8,12-13H2. The largest absolute Gasteiger partial charge is 0.472 e. The summed E-state index contributed by atoms with van der Waals surface area (Å²) in [4.78, 5) is 17.4. The van der Waals surface area contributed by atoms with Crippen molar-refractivity contribution in [2.24, 2.45) is 0 Å². The molecule has 2 saturated heterocycles. The third-order valence-electron chi connectivity index (χ3n) is 6.12. The van der Waals surface area contributed by atoms with E-state index in [4.69, 9.17) is 4.74 Å². The lowest BCUT2D eigenvalue weighted by atomic mass is 10.2. The number of nitrogens with zero attached hydrogens (tertiary/aromatic N) is 5. The van der Waals surface area contributed by atoms with E-state index in [1.54, 1.807) is 6.20 Å². The minimum absolute atomic E-state index is 0.0385. The van der Waals surface area contributed by atoms with E-state index in [1.165, 1.54) is 18.9 Å². The number of halogens is 3. The first-order chi connectivity index (χ1) is 14.5. The third kappa shape index (κ3) is 4.21. The maximum absolute atomic E-state index is 12.8. The molecule has 0 radical (unpaired) electrons. The first-order valence-electron chi connectivity index (χ1n) is 10.5. The average molecular weight is 419 g/mol. The van der Waals surface area contributed by atoms with Crippen molar-refractivity contribution in [2.75, 3.05) is 31.1 Å². The van der Waals surface area contributed by atoms with Crippen LogP contribution < -0.4 is 9.64 Å². The highest BCUT2D eigenvalue weighted by atomic mass is 19.4. The Bertz CT molecular complexity index is 870. The van der Waals surface area contributed by atoms with Gasteiger partial charge in [0.15, 0.2) is 0 Å². The number of anilines is 1. The maximum atomic E-state index is 12.8. The van der Waals surface area contributed by atoms with Gasteiger partial charge in [-0.2, -0.15) is 13.2 Å². The molecule has 6 nitrogen and oxygen atoms in total. The molecule has 3 aliphatic rings. The highest BCUT2D eigenvalue weighted by molar-refractivity contribution is 5.40. The Labute approximate surface area is 173 Å². The van der Waals surface area contributed by atoms with Crippen molar-refractivity contribution in [3.8, 4) is 5.88 Å². The van der Waals surface area contributed by atoms with Crippen LogP contribution in [0.1, 0.15) is 42.9 Å². The molecule has 0 amide bonds. The molecule has 9 heteroatoms. The van der Waals surface area contributed by atoms with Crippen LogP contribution in [-0.4, -0.2) is 58.2 Å². The summed E-state index contributed by atoms with van der Waals surface area (Å²) in [5.74, 6) is 1.72. The van der Waals surface area contributed by atoms with E-state index in [2.05, 4.69) is 24.8 Å². The minimum Gasteiger partial charge on any atom is -0.472 e. The van der Waals surface area contributed by atoms with E-state index in [1.807, 2.05) is 6.20 Å². The number of hydrogen-bond acceptors (Lipinski definition) is 6. The lowest BCUT2D eigenvalue weighted by Crippen LogP contribution is -2.37. The van der Waals surface area contributed by atoms with Gasteiger partial charge in [-0.3, -0.25) is 9.88 Å². The van der Waals surface area contributed by atoms with Gasteiger partial charge in [0.1, 0.15) is 11.9 Å². The average Bonchev–Trinajstić information content (AvgIpc) is 3.53. The van der Waals surface area contributed by atoms with Crippen LogP contribution in [0.25, 0.3) is 0 Å². The Morgan fingerprint density at radius 2 is 1.83 bits per heavy atom. The zero-order valence-corrected chi connectivity index (χ0v) is 16.6. The second kappa shape index (κ2) is 7.68. The second-order valence-electron chi connectivity index (χ2n) is 8.38. The molecule has 3 fully saturated rings. The summed E-state index contributed by atoms with van der Waals surface area (Å²) in [6.45, 7) is 3.27. The molecule has 0 N–H and O–H groups in total. The van der Waals surface area contributed by atoms with E-state index in [-0.39, 0.29) is 12.1 Å². The quantitative estimate of drug-likeness (QED) is 0.756. The van der Waals surface area contributed by atoms with Crippen molar-refractivity contribution in [1.82, 2.24) is 19.9 Å². The molecule has 2 unspecified atom stereocenters. The normalized spacial score (nSPS) is 25.1. The fourth-order valence-corrected chi connectivity index (χ4v) is 4.39. The van der Waals surface area contributed by atoms with E-state index < -0.39 is 11.7 Å². The number of alkyl halides is 3. The van der Waals surface area contributed by atoms with Gasteiger partial charge in [0.2, 0.25) is 5.88 Å². The maximum Gasteiger partial charge on any atom is 0.417 e. The Morgan fingerprint density at radius 3 is 2.50 bits per heavy atom. The molecular formula is C21H24F3N5O. The zero-order chi connectivity index (χ0) is 20.7. The molecule has 4 heterocycles. The molecule has 2 aliphatic heterocycles. The van der Waals surface area contributed by atoms with Gasteiger partial charge in [-0.1, -0.05) is 0 Å². The van der Waals surface area contributed by atoms with Crippen molar-refractivity contribution in [3.05, 3.63) is 42.0 Å². The molecule has 30 heavy (non-hydrogen) atoms. The number of pyridine rings is 1. The van der Waals surface area contributed by atoms with Gasteiger partial charge in [0.25, 0.3) is 0 Å². The SMILES string of the molecule is FC(F)(F)c1ccc(N2CCCN3CC(Oc4cnc(C5CC5)cn4)CC3C2)nc1. The zero-order valence-electron chi connectivity index (χ0n) is 16.6. The summed E-state index contributed by atoms with van der Waals surface area (Å²) in [5, 5.41) is 0. The van der Waals surface area contributed by atoms with Crippen molar-refractivity contribution in [3.63, 3.8) is 0 Å². The van der Waals surface area contributed by atoms with Crippen LogP contribution in [0, 0.1) is 0 Å². The van der Waals surface area contributed by atoms with Crippen LogP contribution in [0.3, 0.4) is 0 Å². The third-order valence-corrected chi connectivity index (χ3v) is 6.12. The fraction of sp³-hybridized carbons (Fsp3) is 0.571. The molecule has 0 aromatic carbocycles. The first-order valence-corrected chi connectivity index (χ1v) is 10.5. The topological polar surface area (TPSA) is 54.4 Å². The van der Waals surface area contributed by atoms with Gasteiger partial charge < -0.3 is 9.64 Å². The van der Waals surface area contributed by atoms with Gasteiger partial charge >= 0.3 is 6.18 Å². The van der Waals surface area contributed by atoms with Crippen LogP contribution >= 0.6 is 0 Å². The molecule has 160 valence electrons. The molecule has 2 aromatic heterocycles. The number of hydrogen-bond donors (Lipinski definition) is 0. The smallest absolute Gasteiger partial charge is 0.417 e. The van der Waals surface area contributed by atoms with Crippen LogP contribution in [-0.2, 0) is 6.18 Å². The van der Waals surface area contributed by atoms with Gasteiger partial charge in [0, 0.05) is 50.8 Å². The molecular weight excluding hydrogens is 395 g/mol. The van der Waals surface area contributed by atoms with Gasteiger partial charge in [-0.05, 0) is 31.4 Å². The molecule has 1 aliphatic carbocycles. The summed E-state index contributed by atoms with van der Waals surface area (Å²) in [5.41, 5.74) is 0.327. The Balaban J connectivity index is 1.21. The minimum atomic E-state index is -4.36. The number of ether oxygens (including phenoxy) is 1. The monoisotopic (exact) mass is 419 g/mol. The predicted octanol–water partition coefficient (Wildman–Crippen LogP) is 3.50. The summed E-state index contributed by atoms with van der Waals surface area (Å²) >= 11 is 0. The summed E-state index contributed by atoms with van der Waals surface area (Å²) in [6.07, 6.45) is 4.30. The molecule has 2 aromatic rings. The summed E-state index contributed by atoms with van der Waals surface area (Å²) in [6, 6.07) is 2.86. The second-order valence-corrected chi connectivity index (χ2v) is 8.38. The van der Waals surface area contributed by atoms with E-state index in [0.29, 0.717) is 17.6 Å². The van der Waals surface area contributed by atoms with Crippen LogP contribution in [0.4, 0.5) is 19.0 Å². The Kier molecular flexibility index (Phi) is 5.00. The van der Waals surface area contributed by atoms with Crippen molar-refractivity contribution >= 4 is 5.82 Å². The van der Waals surface area contributed by atoms with Gasteiger partial charge in [-0.25, -0.2) is 9.97 Å². The molecule has 5 rings (SSSR count). The van der Waals surface area contributed by atoms with Gasteiger partial charge in [0.05, 0.1) is 23.7 Å².